The van der Waals surface area contributed by atoms with Gasteiger partial charge in [-0.1, -0.05) is 0 Å². The summed E-state index contributed by atoms with van der Waals surface area (Å²) < 4.78 is 0. The quantitative estimate of drug-likeness (QED) is 0.348. The summed E-state index contributed by atoms with van der Waals surface area (Å²) in [6.45, 7) is 1.93. The Morgan fingerprint density at radius 2 is 1.00 bits per heavy atom. The fourth-order valence-corrected chi connectivity index (χ4v) is 0. The number of aliphatic hydroxyl groups is 1. The molecule has 0 fully saturated rings. The molecule has 52 valence electrons. The van der Waals surface area contributed by atoms with E-state index in [2.05, 4.69) is 0 Å². The first-order valence-corrected chi connectivity index (χ1v) is 1.02. The standard InChI is InChI=1S/C2H6O.4H2O/c1-2-3;;;;/h3H,2H2,1H3;4*1H2. The van der Waals surface area contributed by atoms with E-state index in [4.69, 9.17) is 5.11 Å². The Hall–Kier alpha value is -0.200. The van der Waals surface area contributed by atoms with E-state index in [9.17, 15) is 0 Å². The van der Waals surface area contributed by atoms with Crippen molar-refractivity contribution in [3.8, 4) is 0 Å². The normalized spacial score (nSPS) is 2.57. The van der Waals surface area contributed by atoms with Crippen LogP contribution in [0.4, 0.5) is 0 Å². The summed E-state index contributed by atoms with van der Waals surface area (Å²) >= 11 is 0. The Kier molecular flexibility index (Phi) is 2110. The first-order chi connectivity index (χ1) is 1.41. The van der Waals surface area contributed by atoms with Crippen molar-refractivity contribution < 1.29 is 27.0 Å². The van der Waals surface area contributed by atoms with E-state index in [0.29, 0.717) is 0 Å². The van der Waals surface area contributed by atoms with Gasteiger partial charge in [-0.3, -0.25) is 0 Å². The predicted octanol–water partition coefficient (Wildman–Crippen LogP) is -3.30. The maximum Gasteiger partial charge on any atom is 0.0402 e. The minimum Gasteiger partial charge on any atom is -0.412 e. The fourth-order valence-electron chi connectivity index (χ4n) is 0. The minimum absolute atomic E-state index is 0. The molecule has 0 bridgehead atoms. The minimum atomic E-state index is 0. The molecule has 0 aliphatic heterocycles. The zero-order chi connectivity index (χ0) is 2.71. The van der Waals surface area contributed by atoms with E-state index in [1.165, 1.54) is 0 Å². The van der Waals surface area contributed by atoms with E-state index in [-0.39, 0.29) is 28.5 Å². The van der Waals surface area contributed by atoms with Gasteiger partial charge in [0.05, 0.1) is 0 Å². The number of hydrogen-bond donors (Lipinski definition) is 1. The summed E-state index contributed by atoms with van der Waals surface area (Å²) in [7, 11) is 0. The van der Waals surface area contributed by atoms with Gasteiger partial charge in [-0.2, -0.15) is 0 Å². The lowest BCUT2D eigenvalue weighted by Gasteiger charge is -1.52. The van der Waals surface area contributed by atoms with Gasteiger partial charge in [0.2, 0.25) is 0 Å². The van der Waals surface area contributed by atoms with Crippen LogP contribution in [0.1, 0.15) is 6.92 Å². The molecule has 9 N–H and O–H groups in total. The molecule has 0 spiro atoms. The van der Waals surface area contributed by atoms with Gasteiger partial charge in [0.1, 0.15) is 0 Å². The third-order valence-electron chi connectivity index (χ3n) is 0. The van der Waals surface area contributed by atoms with Crippen LogP contribution in [0.3, 0.4) is 0 Å². The fraction of sp³-hybridized carbons (Fsp3) is 1.00. The average molecular weight is 118 g/mol. The molecule has 7 heavy (non-hydrogen) atoms. The molecule has 0 heterocycles. The van der Waals surface area contributed by atoms with Gasteiger partial charge in [-0.25, -0.2) is 0 Å². The van der Waals surface area contributed by atoms with E-state index in [1.807, 2.05) is 0 Å². The van der Waals surface area contributed by atoms with Gasteiger partial charge in [0, 0.05) is 6.61 Å². The molecule has 5 heteroatoms. The lowest BCUT2D eigenvalue weighted by atomic mass is 10.9. The van der Waals surface area contributed by atoms with Gasteiger partial charge in [-0.15, -0.1) is 0 Å². The first-order valence-electron chi connectivity index (χ1n) is 1.02. The molecule has 0 atom stereocenters. The molecule has 0 aromatic carbocycles. The lowest BCUT2D eigenvalue weighted by molar-refractivity contribution is 0.318. The summed E-state index contributed by atoms with van der Waals surface area (Å²) in [6, 6.07) is 0. The molecule has 0 saturated carbocycles. The van der Waals surface area contributed by atoms with Crippen LogP contribution in [-0.4, -0.2) is 33.6 Å². The Morgan fingerprint density at radius 1 is 1.00 bits per heavy atom. The van der Waals surface area contributed by atoms with Gasteiger partial charge in [0.25, 0.3) is 0 Å². The van der Waals surface area contributed by atoms with Gasteiger partial charge in [0.15, 0.2) is 0 Å². The molecule has 0 unspecified atom stereocenters. The Morgan fingerprint density at radius 3 is 1.00 bits per heavy atom. The van der Waals surface area contributed by atoms with Gasteiger partial charge in [-0.05, 0) is 6.92 Å². The van der Waals surface area contributed by atoms with E-state index in [1.54, 1.807) is 6.92 Å². The van der Waals surface area contributed by atoms with E-state index < -0.39 is 0 Å². The summed E-state index contributed by atoms with van der Waals surface area (Å²) in [5.74, 6) is 0. The Labute approximate surface area is 41.8 Å². The summed E-state index contributed by atoms with van der Waals surface area (Å²) in [6.07, 6.45) is 0. The van der Waals surface area contributed by atoms with Crippen LogP contribution in [-0.2, 0) is 0 Å². The van der Waals surface area contributed by atoms with Crippen molar-refractivity contribution in [2.75, 3.05) is 6.61 Å². The topological polar surface area (TPSA) is 146 Å². The van der Waals surface area contributed by atoms with Crippen LogP contribution in [0.2, 0.25) is 0 Å². The largest absolute Gasteiger partial charge is 0.412 e. The monoisotopic (exact) mass is 118 g/mol. The van der Waals surface area contributed by atoms with E-state index in [0.717, 1.165) is 0 Å². The highest BCUT2D eigenvalue weighted by atomic mass is 16.2. The van der Waals surface area contributed by atoms with Crippen molar-refractivity contribution in [3.05, 3.63) is 0 Å². The van der Waals surface area contributed by atoms with Gasteiger partial charge < -0.3 is 27.0 Å². The van der Waals surface area contributed by atoms with Crippen molar-refractivity contribution in [2.45, 2.75) is 6.92 Å². The third-order valence-corrected chi connectivity index (χ3v) is 0. The third kappa shape index (κ3) is 2090. The predicted molar refractivity (Wildman–Crippen MR) is 27.2 cm³/mol. The van der Waals surface area contributed by atoms with Crippen LogP contribution in [0.25, 0.3) is 0 Å². The molecular weight excluding hydrogens is 104 g/mol. The zero-order valence-corrected chi connectivity index (χ0v) is 4.15. The highest BCUT2D eigenvalue weighted by molar-refractivity contribution is 3.84. The second-order valence-corrected chi connectivity index (χ2v) is 0.316. The smallest absolute Gasteiger partial charge is 0.0402 e. The second kappa shape index (κ2) is 209. The maximum absolute atomic E-state index is 7.57. The molecule has 0 aliphatic carbocycles. The van der Waals surface area contributed by atoms with Crippen LogP contribution in [0.5, 0.6) is 0 Å². The summed E-state index contributed by atoms with van der Waals surface area (Å²) in [5.41, 5.74) is 0. The highest BCUT2D eigenvalue weighted by Crippen LogP contribution is 1.30. The molecule has 0 saturated heterocycles. The molecule has 0 rings (SSSR count). The number of aliphatic hydroxyl groups excluding tert-OH is 1. The molecule has 0 radical (unpaired) electrons. The number of hydrogen-bond acceptors (Lipinski definition) is 1. The SMILES string of the molecule is CCO.O.O.O.O. The van der Waals surface area contributed by atoms with Crippen LogP contribution in [0.15, 0.2) is 0 Å². The second-order valence-electron chi connectivity index (χ2n) is 0.316. The molecule has 5 nitrogen and oxygen atoms in total. The average Bonchev–Trinajstić information content (AvgIpc) is 0.918. The van der Waals surface area contributed by atoms with E-state index >= 15 is 0 Å². The first kappa shape index (κ1) is 70.6. The molecule has 0 amide bonds. The summed E-state index contributed by atoms with van der Waals surface area (Å²) in [4.78, 5) is 0. The van der Waals surface area contributed by atoms with Crippen molar-refractivity contribution in [1.82, 2.24) is 0 Å². The molecule has 0 aromatic rings. The highest BCUT2D eigenvalue weighted by Gasteiger charge is 1.34. The van der Waals surface area contributed by atoms with Crippen LogP contribution >= 0.6 is 0 Å². The Balaban J connectivity index is -0.00000000333. The van der Waals surface area contributed by atoms with Crippen molar-refractivity contribution in [3.63, 3.8) is 0 Å². The van der Waals surface area contributed by atoms with Crippen LogP contribution < -0.4 is 0 Å². The lowest BCUT2D eigenvalue weighted by Crippen LogP contribution is -1.57. The van der Waals surface area contributed by atoms with Crippen molar-refractivity contribution in [1.29, 1.82) is 0 Å². The molecule has 0 aliphatic rings. The summed E-state index contributed by atoms with van der Waals surface area (Å²) in [5, 5.41) is 7.57. The zero-order valence-electron chi connectivity index (χ0n) is 4.15. The molecule has 0 aromatic heterocycles. The number of rotatable bonds is 0. The maximum atomic E-state index is 7.57. The molecular formula is C2H14O5. The van der Waals surface area contributed by atoms with Crippen LogP contribution in [0, 0.1) is 0 Å². The van der Waals surface area contributed by atoms with Crippen molar-refractivity contribution in [2.24, 2.45) is 0 Å². The van der Waals surface area contributed by atoms with Crippen molar-refractivity contribution >= 4 is 0 Å². The van der Waals surface area contributed by atoms with Gasteiger partial charge >= 0.3 is 0 Å². The Bertz CT molecular complexity index is 6.04.